The predicted octanol–water partition coefficient (Wildman–Crippen LogP) is 3.68. The summed E-state index contributed by atoms with van der Waals surface area (Å²) in [6.07, 6.45) is -2.50. The minimum Gasteiger partial charge on any atom is -0.478 e. The molecule has 1 heterocycles. The highest BCUT2D eigenvalue weighted by atomic mass is 19.4. The van der Waals surface area contributed by atoms with Crippen molar-refractivity contribution in [3.8, 4) is 0 Å². The molecule has 0 spiro atoms. The van der Waals surface area contributed by atoms with Crippen molar-refractivity contribution in [2.24, 2.45) is 0 Å². The molecule has 0 bridgehead atoms. The molecule has 8 heteroatoms. The zero-order chi connectivity index (χ0) is 15.6. The second-order valence-electron chi connectivity index (χ2n) is 4.04. The van der Waals surface area contributed by atoms with E-state index in [1.165, 1.54) is 12.3 Å². The maximum atomic E-state index is 13.2. The van der Waals surface area contributed by atoms with Gasteiger partial charge in [-0.25, -0.2) is 9.18 Å². The molecule has 2 aromatic rings. The van der Waals surface area contributed by atoms with E-state index in [2.05, 4.69) is 10.3 Å². The lowest BCUT2D eigenvalue weighted by Crippen LogP contribution is -2.09. The summed E-state index contributed by atoms with van der Waals surface area (Å²) in [6, 6.07) is 3.60. The van der Waals surface area contributed by atoms with E-state index < -0.39 is 23.5 Å². The molecule has 2 N–H and O–H groups in total. The number of aromatic nitrogens is 1. The first-order valence-corrected chi connectivity index (χ1v) is 5.60. The van der Waals surface area contributed by atoms with E-state index in [-0.39, 0.29) is 16.9 Å². The number of benzene rings is 1. The smallest absolute Gasteiger partial charge is 0.419 e. The van der Waals surface area contributed by atoms with Crippen LogP contribution in [0.15, 0.2) is 36.7 Å². The quantitative estimate of drug-likeness (QED) is 0.849. The Balaban J connectivity index is 2.40. The number of carbonyl (C=O) groups is 1. The monoisotopic (exact) mass is 300 g/mol. The maximum Gasteiger partial charge on any atom is 0.419 e. The van der Waals surface area contributed by atoms with E-state index in [4.69, 9.17) is 5.11 Å². The van der Waals surface area contributed by atoms with Crippen LogP contribution in [0.1, 0.15) is 15.9 Å². The van der Waals surface area contributed by atoms with Crippen molar-refractivity contribution < 1.29 is 27.5 Å². The number of nitrogens with one attached hydrogen (secondary N) is 1. The number of pyridine rings is 1. The SMILES string of the molecule is O=C(O)c1cnccc1Nc1ccc(F)c(C(F)(F)F)c1. The maximum absolute atomic E-state index is 13.2. The van der Waals surface area contributed by atoms with Crippen molar-refractivity contribution in [3.63, 3.8) is 0 Å². The number of carboxylic acids is 1. The topological polar surface area (TPSA) is 62.2 Å². The first kappa shape index (κ1) is 14.8. The third kappa shape index (κ3) is 3.28. The average Bonchev–Trinajstić information content (AvgIpc) is 2.40. The van der Waals surface area contributed by atoms with Crippen molar-refractivity contribution in [1.29, 1.82) is 0 Å². The van der Waals surface area contributed by atoms with E-state index in [0.717, 1.165) is 12.3 Å². The van der Waals surface area contributed by atoms with Gasteiger partial charge in [0.25, 0.3) is 0 Å². The van der Waals surface area contributed by atoms with E-state index in [1.54, 1.807) is 0 Å². The highest BCUT2D eigenvalue weighted by Crippen LogP contribution is 2.33. The third-order valence-corrected chi connectivity index (χ3v) is 2.60. The Bertz CT molecular complexity index is 686. The van der Waals surface area contributed by atoms with Crippen LogP contribution in [0.4, 0.5) is 28.9 Å². The van der Waals surface area contributed by atoms with Gasteiger partial charge in [-0.2, -0.15) is 13.2 Å². The van der Waals surface area contributed by atoms with Crippen LogP contribution >= 0.6 is 0 Å². The molecule has 0 unspecified atom stereocenters. The fourth-order valence-electron chi connectivity index (χ4n) is 1.65. The van der Waals surface area contributed by atoms with Gasteiger partial charge in [0.1, 0.15) is 11.4 Å². The summed E-state index contributed by atoms with van der Waals surface area (Å²) in [5.41, 5.74) is -1.68. The van der Waals surface area contributed by atoms with Gasteiger partial charge in [0.2, 0.25) is 0 Å². The summed E-state index contributed by atoms with van der Waals surface area (Å²) >= 11 is 0. The first-order chi connectivity index (χ1) is 9.79. The predicted molar refractivity (Wildman–Crippen MR) is 65.9 cm³/mol. The highest BCUT2D eigenvalue weighted by Gasteiger charge is 2.34. The van der Waals surface area contributed by atoms with Crippen molar-refractivity contribution in [1.82, 2.24) is 4.98 Å². The lowest BCUT2D eigenvalue weighted by molar-refractivity contribution is -0.139. The number of halogens is 4. The van der Waals surface area contributed by atoms with Crippen LogP contribution < -0.4 is 5.32 Å². The molecule has 0 atom stereocenters. The molecule has 0 saturated carbocycles. The van der Waals surface area contributed by atoms with Gasteiger partial charge in [0.05, 0.1) is 11.3 Å². The number of hydrogen-bond acceptors (Lipinski definition) is 3. The summed E-state index contributed by atoms with van der Waals surface area (Å²) in [6.45, 7) is 0. The number of hydrogen-bond donors (Lipinski definition) is 2. The van der Waals surface area contributed by atoms with Gasteiger partial charge in [0, 0.05) is 18.1 Å². The Morgan fingerprint density at radius 2 is 1.95 bits per heavy atom. The zero-order valence-electron chi connectivity index (χ0n) is 10.3. The standard InChI is InChI=1S/C13H8F4N2O2/c14-10-2-1-7(5-9(10)13(15,16)17)19-11-3-4-18-6-8(11)12(20)21/h1-6H,(H,18,19)(H,20,21). The molecule has 1 aromatic heterocycles. The number of carboxylic acid groups (broad SMARTS) is 1. The molecule has 0 aliphatic heterocycles. The molecule has 0 amide bonds. The molecule has 0 fully saturated rings. The van der Waals surface area contributed by atoms with Crippen LogP contribution in [0.3, 0.4) is 0 Å². The molecule has 0 aliphatic rings. The minimum atomic E-state index is -4.84. The van der Waals surface area contributed by atoms with Gasteiger partial charge >= 0.3 is 12.1 Å². The van der Waals surface area contributed by atoms with Crippen LogP contribution in [0, 0.1) is 5.82 Å². The number of rotatable bonds is 3. The molecule has 21 heavy (non-hydrogen) atoms. The number of aromatic carboxylic acids is 1. The summed E-state index contributed by atoms with van der Waals surface area (Å²) in [5.74, 6) is -2.69. The fraction of sp³-hybridized carbons (Fsp3) is 0.0769. The number of nitrogens with zero attached hydrogens (tertiary/aromatic N) is 1. The summed E-state index contributed by atoms with van der Waals surface area (Å²) in [4.78, 5) is 14.6. The van der Waals surface area contributed by atoms with Crippen LogP contribution in [0.25, 0.3) is 0 Å². The molecular weight excluding hydrogens is 292 g/mol. The first-order valence-electron chi connectivity index (χ1n) is 5.60. The third-order valence-electron chi connectivity index (χ3n) is 2.60. The summed E-state index contributed by atoms with van der Waals surface area (Å²) in [5, 5.41) is 11.5. The van der Waals surface area contributed by atoms with Gasteiger partial charge in [0.15, 0.2) is 0 Å². The van der Waals surface area contributed by atoms with Crippen molar-refractivity contribution in [3.05, 3.63) is 53.6 Å². The molecule has 0 aliphatic carbocycles. The second kappa shape index (κ2) is 5.39. The molecule has 0 radical (unpaired) electrons. The minimum absolute atomic E-state index is 0.0530. The second-order valence-corrected chi connectivity index (χ2v) is 4.04. The van der Waals surface area contributed by atoms with Crippen LogP contribution in [0.2, 0.25) is 0 Å². The van der Waals surface area contributed by atoms with Crippen molar-refractivity contribution >= 4 is 17.3 Å². The zero-order valence-corrected chi connectivity index (χ0v) is 10.3. The summed E-state index contributed by atoms with van der Waals surface area (Å²) in [7, 11) is 0. The van der Waals surface area contributed by atoms with E-state index >= 15 is 0 Å². The Kier molecular flexibility index (Phi) is 3.79. The molecule has 4 nitrogen and oxygen atoms in total. The number of alkyl halides is 3. The van der Waals surface area contributed by atoms with Gasteiger partial charge in [-0.15, -0.1) is 0 Å². The normalized spacial score (nSPS) is 11.2. The van der Waals surface area contributed by atoms with Crippen LogP contribution in [0.5, 0.6) is 0 Å². The van der Waals surface area contributed by atoms with Gasteiger partial charge < -0.3 is 10.4 Å². The highest BCUT2D eigenvalue weighted by molar-refractivity contribution is 5.94. The lowest BCUT2D eigenvalue weighted by atomic mass is 10.1. The van der Waals surface area contributed by atoms with Crippen LogP contribution in [-0.2, 0) is 6.18 Å². The Hall–Kier alpha value is -2.64. The van der Waals surface area contributed by atoms with Crippen molar-refractivity contribution in [2.45, 2.75) is 6.18 Å². The lowest BCUT2D eigenvalue weighted by Gasteiger charge is -2.12. The Morgan fingerprint density at radius 1 is 1.24 bits per heavy atom. The van der Waals surface area contributed by atoms with Crippen LogP contribution in [-0.4, -0.2) is 16.1 Å². The Morgan fingerprint density at radius 3 is 2.57 bits per heavy atom. The number of anilines is 2. The van der Waals surface area contributed by atoms with Crippen molar-refractivity contribution in [2.75, 3.05) is 5.32 Å². The molecular formula is C13H8F4N2O2. The molecule has 1 aromatic carbocycles. The molecule has 110 valence electrons. The van der Waals surface area contributed by atoms with E-state index in [9.17, 15) is 22.4 Å². The van der Waals surface area contributed by atoms with Gasteiger partial charge in [-0.1, -0.05) is 0 Å². The Labute approximate surface area is 116 Å². The molecule has 2 rings (SSSR count). The summed E-state index contributed by atoms with van der Waals surface area (Å²) < 4.78 is 51.0. The van der Waals surface area contributed by atoms with E-state index in [1.807, 2.05) is 0 Å². The van der Waals surface area contributed by atoms with Gasteiger partial charge in [-0.3, -0.25) is 4.98 Å². The molecule has 0 saturated heterocycles. The van der Waals surface area contributed by atoms with Gasteiger partial charge in [-0.05, 0) is 24.3 Å². The largest absolute Gasteiger partial charge is 0.478 e. The van der Waals surface area contributed by atoms with E-state index in [0.29, 0.717) is 12.1 Å². The average molecular weight is 300 g/mol. The fourth-order valence-corrected chi connectivity index (χ4v) is 1.65.